The third-order valence-electron chi connectivity index (χ3n) is 30.1. The summed E-state index contributed by atoms with van der Waals surface area (Å²) in [6, 6.07) is 66.5. The van der Waals surface area contributed by atoms with Crippen LogP contribution in [0.3, 0.4) is 0 Å². The minimum absolute atomic E-state index is 0.0649. The highest BCUT2D eigenvalue weighted by Crippen LogP contribution is 2.50. The fourth-order valence-electron chi connectivity index (χ4n) is 21.5. The van der Waals surface area contributed by atoms with Gasteiger partial charge in [-0.05, 0) is 261 Å². The molecule has 0 saturated carbocycles. The number of aromatic carboxylic acids is 2. The van der Waals surface area contributed by atoms with Gasteiger partial charge in [-0.2, -0.15) is 0 Å². The van der Waals surface area contributed by atoms with Gasteiger partial charge in [0.25, 0.3) is 0 Å². The number of hydrogen-bond donors (Lipinski definition) is 7. The quantitative estimate of drug-likeness (QED) is 0.0293. The first-order chi connectivity index (χ1) is 70.7. The van der Waals surface area contributed by atoms with Gasteiger partial charge in [0, 0.05) is 187 Å². The van der Waals surface area contributed by atoms with E-state index in [-0.39, 0.29) is 28.8 Å². The standard InChI is InChI=1S/C31H35ClN2O3.C30H33ClN2O4.C30H31FN2O4.C29H29ClN2O4/c1-21-19-34(17-14-31(21,36)22-8-11-24(32)12-9-22)16-5-7-25-26-6-4-15-33-28(26)20-37-29-13-10-23(18-27(25)29)30(2,3)35;1-35-18-19-36-24-10-11-29-27(20-24)25(26-4-2-14-32-28(26)21-37-29)5-3-15-33-16-12-30(34,13-17-33)22-6-8-23(31)9-7-22;1-29(2)19-33(16-13-30(29,36)21-8-10-22(31)11-9-21)15-4-6-23-24-5-3-14-32-26(24)18-37-27-12-7-20(28(34)35)17-25(23)27;1-19-17-32(15-12-29(19,35)21-7-9-22(30)10-8-21)14-3-5-23-24-4-2-13-31-26(24)18-36-27-11-6-20(28(33)34)16-25(23)27/h4,6-13,15,18,21,35-36H,5,14,16-17,19-20H2,1-3H3;2,4-11,14,20,34H,3,12-13,15-19,21H2,1H3;3,5-12,14,17,36H,4,13,15-16,18-19H2,1-2H3,(H,34,35);2,4-11,13,16,19,35H,3,12,14-15,17-18H2,1H3,(H,33,34)/b25-7+;25-5+;23-6+;23-5+. The number of carboxylic acids is 2. The summed E-state index contributed by atoms with van der Waals surface area (Å²) < 4.78 is 48.7. The van der Waals surface area contributed by atoms with E-state index in [1.54, 1.807) is 88.1 Å². The largest absolute Gasteiger partial charge is 0.491 e. The van der Waals surface area contributed by atoms with Crippen LogP contribution >= 0.6 is 34.8 Å². The fraction of sp³-hybridized carbons (Fsp3) is 0.350. The van der Waals surface area contributed by atoms with Crippen molar-refractivity contribution >= 4 is 69.0 Å². The van der Waals surface area contributed by atoms with Crippen molar-refractivity contribution in [1.82, 2.24) is 39.5 Å². The maximum atomic E-state index is 13.5. The normalized spacial score (nSPS) is 21.5. The van der Waals surface area contributed by atoms with Gasteiger partial charge in [-0.3, -0.25) is 19.9 Å². The summed E-state index contributed by atoms with van der Waals surface area (Å²) in [5, 5.41) is 77.5. The molecule has 8 aliphatic heterocycles. The lowest BCUT2D eigenvalue weighted by Crippen LogP contribution is -2.55. The molecule has 147 heavy (non-hydrogen) atoms. The Kier molecular flexibility index (Phi) is 33.6. The molecule has 7 N–H and O–H groups in total. The van der Waals surface area contributed by atoms with Crippen LogP contribution in [0, 0.1) is 23.1 Å². The maximum Gasteiger partial charge on any atom is 0.335 e. The topological polar surface area (TPSA) is 296 Å². The van der Waals surface area contributed by atoms with E-state index in [1.807, 2.05) is 152 Å². The molecule has 0 spiro atoms. The van der Waals surface area contributed by atoms with Crippen LogP contribution in [0.5, 0.6) is 28.7 Å². The lowest BCUT2D eigenvalue weighted by Gasteiger charge is -2.50. The molecule has 8 aliphatic rings. The van der Waals surface area contributed by atoms with Crippen LogP contribution in [0.25, 0.3) is 22.3 Å². The van der Waals surface area contributed by atoms with Gasteiger partial charge in [-0.15, -0.1) is 0 Å². The van der Waals surface area contributed by atoms with Crippen molar-refractivity contribution in [3.63, 3.8) is 0 Å². The van der Waals surface area contributed by atoms with Gasteiger partial charge in [0.15, 0.2) is 0 Å². The number of pyridine rings is 4. The Labute approximate surface area is 874 Å². The lowest BCUT2D eigenvalue weighted by atomic mass is 9.66. The Morgan fingerprint density at radius 3 is 1.17 bits per heavy atom. The molecule has 0 amide bonds. The van der Waals surface area contributed by atoms with Gasteiger partial charge in [-0.1, -0.05) is 166 Å². The lowest BCUT2D eigenvalue weighted by molar-refractivity contribution is -0.125. The third kappa shape index (κ3) is 24.6. The van der Waals surface area contributed by atoms with Crippen LogP contribution in [-0.2, 0) is 59.2 Å². The van der Waals surface area contributed by atoms with Crippen LogP contribution < -0.4 is 23.7 Å². The number of benzene rings is 8. The van der Waals surface area contributed by atoms with E-state index in [4.69, 9.17) is 63.2 Å². The van der Waals surface area contributed by atoms with E-state index in [1.165, 1.54) is 12.1 Å². The average Bonchev–Trinajstić information content (AvgIpc) is 1.51. The Balaban J connectivity index is 0.000000134. The van der Waals surface area contributed by atoms with E-state index >= 15 is 0 Å². The molecule has 27 heteroatoms. The Bertz CT molecular complexity index is 6810. The molecule has 4 aromatic heterocycles. The van der Waals surface area contributed by atoms with Crippen LogP contribution in [0.1, 0.15) is 215 Å². The summed E-state index contributed by atoms with van der Waals surface area (Å²) in [4.78, 5) is 51.0. The number of methoxy groups -OCH3 is 1. The molecule has 20 rings (SSSR count). The molecule has 0 aliphatic carbocycles. The molecule has 8 aromatic carbocycles. The summed E-state index contributed by atoms with van der Waals surface area (Å²) in [5.41, 5.74) is 15.0. The van der Waals surface area contributed by atoms with Gasteiger partial charge >= 0.3 is 11.9 Å². The van der Waals surface area contributed by atoms with Gasteiger partial charge < -0.3 is 83.8 Å². The number of aromatic nitrogens is 4. The first kappa shape index (κ1) is 106. The predicted octanol–water partition coefficient (Wildman–Crippen LogP) is 22.0. The second-order valence-electron chi connectivity index (χ2n) is 40.5. The second-order valence-corrected chi connectivity index (χ2v) is 41.8. The Morgan fingerprint density at radius 1 is 0.429 bits per heavy atom. The van der Waals surface area contributed by atoms with Gasteiger partial charge in [-0.25, -0.2) is 14.0 Å². The average molecular weight is 2050 g/mol. The second kappa shape index (κ2) is 46.6. The molecule has 0 bridgehead atoms. The van der Waals surface area contributed by atoms with Crippen molar-refractivity contribution in [2.75, 3.05) is 98.9 Å². The zero-order valence-corrected chi connectivity index (χ0v) is 86.4. The van der Waals surface area contributed by atoms with Gasteiger partial charge in [0.1, 0.15) is 67.6 Å². The number of halogens is 4. The smallest absolute Gasteiger partial charge is 0.335 e. The summed E-state index contributed by atoms with van der Waals surface area (Å²) in [7, 11) is 1.67. The van der Waals surface area contributed by atoms with E-state index < -0.39 is 45.4 Å². The number of aliphatic hydroxyl groups is 5. The zero-order valence-electron chi connectivity index (χ0n) is 84.1. The number of likely N-dealkylation sites (tertiary alicyclic amines) is 4. The third-order valence-corrected chi connectivity index (χ3v) is 30.8. The van der Waals surface area contributed by atoms with E-state index in [0.717, 1.165) is 226 Å². The first-order valence-electron chi connectivity index (χ1n) is 50.5. The molecule has 4 saturated heterocycles. The van der Waals surface area contributed by atoms with Crippen molar-refractivity contribution in [3.8, 4) is 28.7 Å². The highest BCUT2D eigenvalue weighted by Gasteiger charge is 2.49. The predicted molar refractivity (Wildman–Crippen MR) is 571 cm³/mol. The first-order valence-corrected chi connectivity index (χ1v) is 51.7. The van der Waals surface area contributed by atoms with E-state index in [2.05, 4.69) is 104 Å². The molecule has 0 radical (unpaired) electrons. The number of carboxylic acid groups (broad SMARTS) is 2. The Hall–Kier alpha value is -12.3. The highest BCUT2D eigenvalue weighted by atomic mass is 35.5. The van der Waals surface area contributed by atoms with Crippen molar-refractivity contribution in [2.24, 2.45) is 17.3 Å². The number of nitrogens with zero attached hydrogens (tertiary/aromatic N) is 8. The Morgan fingerprint density at radius 2 is 0.782 bits per heavy atom. The number of carbonyl (C=O) groups is 2. The minimum atomic E-state index is -1.04. The molecule has 5 unspecified atom stereocenters. The minimum Gasteiger partial charge on any atom is -0.491 e. The number of ether oxygens (including phenoxy) is 6. The van der Waals surface area contributed by atoms with E-state index in [9.17, 15) is 49.7 Å². The molecule has 12 aromatic rings. The number of piperidine rings is 4. The molecule has 766 valence electrons. The summed E-state index contributed by atoms with van der Waals surface area (Å²) >= 11 is 18.1. The molecular formula is C120H128Cl3FN8O15. The summed E-state index contributed by atoms with van der Waals surface area (Å²) in [6.45, 7) is 24.1. The van der Waals surface area contributed by atoms with Crippen molar-refractivity contribution < 1.29 is 78.1 Å². The van der Waals surface area contributed by atoms with E-state index in [0.29, 0.717) is 111 Å². The molecule has 4 fully saturated rings. The molecule has 12 heterocycles. The number of hydrogen-bond acceptors (Lipinski definition) is 21. The van der Waals surface area contributed by atoms with Crippen molar-refractivity contribution in [3.05, 3.63) is 395 Å². The maximum absolute atomic E-state index is 13.5. The fourth-order valence-corrected chi connectivity index (χ4v) is 21.8. The van der Waals surface area contributed by atoms with Crippen LogP contribution in [0.4, 0.5) is 4.39 Å². The van der Waals surface area contributed by atoms with Crippen molar-refractivity contribution in [2.45, 2.75) is 154 Å². The van der Waals surface area contributed by atoms with Gasteiger partial charge in [0.05, 0.1) is 68.5 Å². The zero-order chi connectivity index (χ0) is 103. The highest BCUT2D eigenvalue weighted by molar-refractivity contribution is 6.31. The monoisotopic (exact) mass is 2040 g/mol. The number of fused-ring (bicyclic) bond motifs is 8. The summed E-state index contributed by atoms with van der Waals surface area (Å²) in [5.74, 6) is 1.61. The van der Waals surface area contributed by atoms with Crippen LogP contribution in [0.2, 0.25) is 15.1 Å². The van der Waals surface area contributed by atoms with Crippen molar-refractivity contribution in [1.29, 1.82) is 0 Å². The SMILES string of the molecule is CC1(C)CN(CC/C=C2/c3cc(C(=O)O)ccc3OCc3ncccc32)CCC1(O)c1ccc(F)cc1.CC1CN(CC/C=C2/c3cc(C(=O)O)ccc3OCc3ncccc32)CCC1(O)c1ccc(Cl)cc1.CC1CN(CC/C=C2/c3cc(C(C)(C)O)ccc3OCc3ncccc32)CCC1(O)c1ccc(Cl)cc1.COCCOc1ccc2c(c1)/C(=C/CCN1CCC(O)(c3ccc(Cl)cc3)CC1)c1cccnc1CO2. The molecular weight excluding hydrogens is 1920 g/mol. The molecule has 5 atom stereocenters. The van der Waals surface area contributed by atoms with Crippen LogP contribution in [-0.4, -0.2) is 186 Å². The summed E-state index contributed by atoms with van der Waals surface area (Å²) in [6.07, 6.45) is 22.4. The number of rotatable bonds is 23. The molecule has 23 nitrogen and oxygen atoms in total. The van der Waals surface area contributed by atoms with Gasteiger partial charge in [0.2, 0.25) is 0 Å². The van der Waals surface area contributed by atoms with Crippen LogP contribution in [0.15, 0.2) is 267 Å².